The smallest absolute Gasteiger partial charge is 0.147 e. The highest BCUT2D eigenvalue weighted by molar-refractivity contribution is 7.30. The van der Waals surface area contributed by atoms with Crippen LogP contribution in [0.5, 0.6) is 0 Å². The Balaban J connectivity index is 0.00000188. The summed E-state index contributed by atoms with van der Waals surface area (Å²) in [6.07, 6.45) is 8.51. The van der Waals surface area contributed by atoms with E-state index >= 15 is 0 Å². The number of aliphatic imine (C=N–C) groups is 1. The fourth-order valence-corrected chi connectivity index (χ4v) is 10.4. The molecule has 0 spiro atoms. The predicted molar refractivity (Wildman–Crippen MR) is 193 cm³/mol. The molecule has 0 saturated heterocycles. The van der Waals surface area contributed by atoms with Crippen LogP contribution >= 0.6 is 56.7 Å². The lowest BCUT2D eigenvalue weighted by molar-refractivity contribution is -0.116. The Morgan fingerprint density at radius 3 is 2.16 bits per heavy atom. The normalized spacial score (nSPS) is 11.1. The van der Waals surface area contributed by atoms with Gasteiger partial charge in [-0.15, -0.1) is 56.7 Å². The molecular formula is C33H32N4O2S5. The van der Waals surface area contributed by atoms with E-state index in [1.54, 1.807) is 42.0 Å². The quantitative estimate of drug-likeness (QED) is 0.113. The summed E-state index contributed by atoms with van der Waals surface area (Å²) < 4.78 is 0. The molecule has 11 heteroatoms. The number of thiophene rings is 5. The molecule has 6 aromatic heterocycles. The van der Waals surface area contributed by atoms with Gasteiger partial charge >= 0.3 is 0 Å². The van der Waals surface area contributed by atoms with Crippen molar-refractivity contribution >= 4 is 69.2 Å². The van der Waals surface area contributed by atoms with Crippen molar-refractivity contribution in [1.82, 2.24) is 15.3 Å². The highest BCUT2D eigenvalue weighted by Crippen LogP contribution is 2.48. The van der Waals surface area contributed by atoms with E-state index in [2.05, 4.69) is 82.4 Å². The highest BCUT2D eigenvalue weighted by Gasteiger charge is 2.20. The number of carbonyl (C=O) groups excluding carboxylic acids is 1. The van der Waals surface area contributed by atoms with E-state index in [9.17, 15) is 4.79 Å². The van der Waals surface area contributed by atoms with Crippen LogP contribution in [0.4, 0.5) is 0 Å². The average molecular weight is 677 g/mol. The van der Waals surface area contributed by atoms with Gasteiger partial charge in [-0.25, -0.2) is 4.98 Å². The van der Waals surface area contributed by atoms with Gasteiger partial charge in [-0.05, 0) is 79.7 Å². The van der Waals surface area contributed by atoms with Crippen molar-refractivity contribution in [2.45, 2.75) is 33.2 Å². The number of nitrogens with zero attached hydrogens (tertiary/aromatic N) is 2. The minimum Gasteiger partial charge on any atom is -0.400 e. The molecule has 44 heavy (non-hydrogen) atoms. The minimum atomic E-state index is 0.176. The van der Waals surface area contributed by atoms with Crippen LogP contribution in [-0.2, 0) is 24.2 Å². The van der Waals surface area contributed by atoms with E-state index in [1.807, 2.05) is 46.4 Å². The number of aromatic nitrogens is 2. The van der Waals surface area contributed by atoms with Crippen LogP contribution in [0, 0.1) is 0 Å². The van der Waals surface area contributed by atoms with E-state index in [1.165, 1.54) is 49.5 Å². The zero-order chi connectivity index (χ0) is 31.1. The lowest BCUT2D eigenvalue weighted by Gasteiger charge is -1.99. The van der Waals surface area contributed by atoms with Crippen molar-refractivity contribution in [3.63, 3.8) is 0 Å². The number of aromatic amines is 1. The van der Waals surface area contributed by atoms with Crippen molar-refractivity contribution in [2.75, 3.05) is 7.11 Å². The summed E-state index contributed by atoms with van der Waals surface area (Å²) in [6, 6.07) is 17.7. The van der Waals surface area contributed by atoms with Crippen molar-refractivity contribution in [3.05, 3.63) is 89.3 Å². The van der Waals surface area contributed by atoms with E-state index < -0.39 is 0 Å². The largest absolute Gasteiger partial charge is 0.400 e. The molecule has 6 nitrogen and oxygen atoms in total. The maximum atomic E-state index is 12.2. The molecule has 226 valence electrons. The summed E-state index contributed by atoms with van der Waals surface area (Å²) in [6.45, 7) is 8.12. The Labute approximate surface area is 277 Å². The average Bonchev–Trinajstić information content (AvgIpc) is 3.87. The standard InChI is InChI=1S/C32H28N4OS5.CH4O/c1-4-20-16-28(23-6-5-22(38-23)18-34-12-11-33-3)41-30(20)25-8-9-26(40-25)31-21(15-19(2)37)17-29(42-31)24-7-10-27(39-24)32-35-13-14-36-32;1-2/h5-14,16-17,34H,3-4,15,18H2,1-2H3,(H,35,36);2H,1H3/b12-11-;. The van der Waals surface area contributed by atoms with Gasteiger partial charge in [0.1, 0.15) is 11.6 Å². The number of imidazole rings is 1. The maximum absolute atomic E-state index is 12.2. The fraction of sp³-hybridized carbons (Fsp3) is 0.182. The maximum Gasteiger partial charge on any atom is 0.147 e. The van der Waals surface area contributed by atoms with Crippen LogP contribution < -0.4 is 5.32 Å². The second-order valence-corrected chi connectivity index (χ2v) is 15.0. The highest BCUT2D eigenvalue weighted by atomic mass is 32.1. The van der Waals surface area contributed by atoms with E-state index in [0.717, 1.165) is 36.3 Å². The Bertz CT molecular complexity index is 1870. The zero-order valence-electron chi connectivity index (χ0n) is 24.5. The molecule has 6 heterocycles. The molecule has 6 aromatic rings. The Hall–Kier alpha value is -3.45. The molecule has 0 aliphatic carbocycles. The van der Waals surface area contributed by atoms with E-state index in [4.69, 9.17) is 5.11 Å². The molecule has 0 bridgehead atoms. The number of ketones is 1. The third kappa shape index (κ3) is 7.26. The molecule has 3 N–H and O–H groups in total. The van der Waals surface area contributed by atoms with Crippen LogP contribution in [0.2, 0.25) is 0 Å². The van der Waals surface area contributed by atoms with E-state index in [0.29, 0.717) is 6.42 Å². The molecule has 0 unspecified atom stereocenters. The number of Topliss-reactive ketones (excluding diaryl/α,β-unsaturated/α-hetero) is 1. The lowest BCUT2D eigenvalue weighted by atomic mass is 10.1. The first-order chi connectivity index (χ1) is 21.5. The first-order valence-corrected chi connectivity index (χ1v) is 17.9. The number of aliphatic hydroxyl groups is 1. The molecule has 6 rings (SSSR count). The van der Waals surface area contributed by atoms with Crippen LogP contribution in [0.3, 0.4) is 0 Å². The lowest BCUT2D eigenvalue weighted by Crippen LogP contribution is -2.01. The first kappa shape index (κ1) is 32.0. The molecule has 0 saturated carbocycles. The van der Waals surface area contributed by atoms with Gasteiger partial charge in [0.25, 0.3) is 0 Å². The molecular weight excluding hydrogens is 645 g/mol. The number of nitrogens with one attached hydrogen (secondary N) is 2. The van der Waals surface area contributed by atoms with Gasteiger partial charge in [-0.1, -0.05) is 6.92 Å². The van der Waals surface area contributed by atoms with E-state index in [-0.39, 0.29) is 5.78 Å². The summed E-state index contributed by atoms with van der Waals surface area (Å²) in [5.41, 5.74) is 2.47. The summed E-state index contributed by atoms with van der Waals surface area (Å²) in [4.78, 5) is 35.9. The minimum absolute atomic E-state index is 0.176. The van der Waals surface area contributed by atoms with Gasteiger partial charge in [0.2, 0.25) is 0 Å². The molecule has 0 aliphatic rings. The monoisotopic (exact) mass is 676 g/mol. The molecule has 0 fully saturated rings. The number of hydrogen-bond donors (Lipinski definition) is 3. The van der Waals surface area contributed by atoms with Gasteiger partial charge in [0, 0.05) is 88.8 Å². The van der Waals surface area contributed by atoms with Gasteiger partial charge in [-0.3, -0.25) is 9.79 Å². The second kappa shape index (κ2) is 15.0. The van der Waals surface area contributed by atoms with Crippen LogP contribution in [0.1, 0.15) is 29.9 Å². The number of aryl methyl sites for hydroxylation is 1. The third-order valence-electron chi connectivity index (χ3n) is 6.55. The van der Waals surface area contributed by atoms with Gasteiger partial charge in [0.05, 0.1) is 4.88 Å². The van der Waals surface area contributed by atoms with Crippen molar-refractivity contribution in [3.8, 4) is 49.7 Å². The predicted octanol–water partition coefficient (Wildman–Crippen LogP) is 9.62. The molecule has 0 aliphatic heterocycles. The van der Waals surface area contributed by atoms with Crippen LogP contribution in [-0.4, -0.2) is 34.7 Å². The van der Waals surface area contributed by atoms with Crippen LogP contribution in [0.25, 0.3) is 49.7 Å². The summed E-state index contributed by atoms with van der Waals surface area (Å²) >= 11 is 9.00. The second-order valence-electron chi connectivity index (χ2n) is 9.57. The zero-order valence-corrected chi connectivity index (χ0v) is 28.6. The van der Waals surface area contributed by atoms with Gasteiger partial charge < -0.3 is 15.4 Å². The number of hydrogen-bond acceptors (Lipinski definition) is 10. The molecule has 0 atom stereocenters. The molecule has 0 aromatic carbocycles. The van der Waals surface area contributed by atoms with Crippen molar-refractivity contribution < 1.29 is 9.90 Å². The topological polar surface area (TPSA) is 90.4 Å². The van der Waals surface area contributed by atoms with Gasteiger partial charge in [0.15, 0.2) is 0 Å². The summed E-state index contributed by atoms with van der Waals surface area (Å²) in [5, 5.41) is 10.3. The van der Waals surface area contributed by atoms with Crippen LogP contribution in [0.15, 0.2) is 78.3 Å². The third-order valence-corrected chi connectivity index (χ3v) is 12.9. The molecule has 0 radical (unpaired) electrons. The van der Waals surface area contributed by atoms with Crippen molar-refractivity contribution in [2.24, 2.45) is 4.99 Å². The number of rotatable bonds is 12. The summed E-state index contributed by atoms with van der Waals surface area (Å²) in [7, 11) is 1.00. The molecule has 0 amide bonds. The number of aliphatic hydroxyl groups excluding tert-OH is 1. The Morgan fingerprint density at radius 2 is 1.50 bits per heavy atom. The SMILES string of the molecule is C=N/C=C\NCc1ccc(-c2cc(CC)c(-c3ccc(-c4sc(-c5ccc(-c6ncc[nH]6)s5)cc4CC(C)=O)s3)s2)s1.CO. The van der Waals surface area contributed by atoms with Crippen molar-refractivity contribution in [1.29, 1.82) is 0 Å². The van der Waals surface area contributed by atoms with Gasteiger partial charge in [-0.2, -0.15) is 0 Å². The fourth-order valence-electron chi connectivity index (χ4n) is 4.63. The Kier molecular flexibility index (Phi) is 10.9. The number of H-pyrrole nitrogens is 1. The summed E-state index contributed by atoms with van der Waals surface area (Å²) in [5.74, 6) is 1.06. The Morgan fingerprint density at radius 1 is 0.886 bits per heavy atom. The number of carbonyl (C=O) groups is 1. The first-order valence-electron chi connectivity index (χ1n) is 13.9.